The summed E-state index contributed by atoms with van der Waals surface area (Å²) in [6.45, 7) is 2.27. The van der Waals surface area contributed by atoms with Crippen LogP contribution in [0.3, 0.4) is 0 Å². The third-order valence-corrected chi connectivity index (χ3v) is 4.70. The normalized spacial score (nSPS) is 20.0. The van der Waals surface area contributed by atoms with Gasteiger partial charge in [-0.25, -0.2) is 0 Å². The van der Waals surface area contributed by atoms with E-state index in [9.17, 15) is 0 Å². The molecule has 3 aromatic rings. The smallest absolute Gasteiger partial charge is 0.0910 e. The van der Waals surface area contributed by atoms with Crippen molar-refractivity contribution in [1.82, 2.24) is 0 Å². The second-order valence-electron chi connectivity index (χ2n) is 6.38. The molecular weight excluding hydrogens is 292 g/mol. The Kier molecular flexibility index (Phi) is 3.66. The summed E-state index contributed by atoms with van der Waals surface area (Å²) in [5.74, 6) is 0. The lowest BCUT2D eigenvalue weighted by atomic mass is 9.85. The van der Waals surface area contributed by atoms with E-state index in [4.69, 9.17) is 5.10 Å². The van der Waals surface area contributed by atoms with Crippen molar-refractivity contribution in [2.75, 3.05) is 5.01 Å². The standard InChI is InChI=1S/C22H20N2/c1-22(19-13-7-3-8-14-19)17-21(18-11-5-2-6-12-18)23-24(22)20-15-9-4-10-16-20/h2-16H,17H2,1H3. The second-order valence-corrected chi connectivity index (χ2v) is 6.38. The van der Waals surface area contributed by atoms with Gasteiger partial charge in [-0.05, 0) is 30.2 Å². The van der Waals surface area contributed by atoms with Crippen LogP contribution in [0.5, 0.6) is 0 Å². The number of hydrogen-bond acceptors (Lipinski definition) is 2. The van der Waals surface area contributed by atoms with Crippen molar-refractivity contribution in [2.45, 2.75) is 18.9 Å². The van der Waals surface area contributed by atoms with E-state index >= 15 is 0 Å². The average Bonchev–Trinajstić information content (AvgIpc) is 3.03. The summed E-state index contributed by atoms with van der Waals surface area (Å²) in [4.78, 5) is 0. The van der Waals surface area contributed by atoms with Crippen LogP contribution >= 0.6 is 0 Å². The van der Waals surface area contributed by atoms with Crippen molar-refractivity contribution >= 4 is 11.4 Å². The molecule has 0 amide bonds. The number of nitrogens with zero attached hydrogens (tertiary/aromatic N) is 2. The van der Waals surface area contributed by atoms with Crippen LogP contribution in [0.1, 0.15) is 24.5 Å². The molecule has 3 aromatic carbocycles. The molecule has 0 aliphatic carbocycles. The van der Waals surface area contributed by atoms with Crippen molar-refractivity contribution in [3.8, 4) is 0 Å². The molecule has 0 saturated carbocycles. The first kappa shape index (κ1) is 14.7. The highest BCUT2D eigenvalue weighted by molar-refractivity contribution is 6.03. The van der Waals surface area contributed by atoms with Crippen LogP contribution in [0.25, 0.3) is 0 Å². The van der Waals surface area contributed by atoms with Gasteiger partial charge in [-0.1, -0.05) is 78.9 Å². The first-order valence-corrected chi connectivity index (χ1v) is 8.31. The minimum atomic E-state index is -0.187. The SMILES string of the molecule is CC1(c2ccccc2)CC(c2ccccc2)=NN1c1ccccc1. The van der Waals surface area contributed by atoms with E-state index in [1.54, 1.807) is 0 Å². The van der Waals surface area contributed by atoms with E-state index in [-0.39, 0.29) is 5.54 Å². The van der Waals surface area contributed by atoms with E-state index in [2.05, 4.69) is 90.8 Å². The number of benzene rings is 3. The fraction of sp³-hybridized carbons (Fsp3) is 0.136. The van der Waals surface area contributed by atoms with E-state index in [0.717, 1.165) is 17.8 Å². The van der Waals surface area contributed by atoms with Gasteiger partial charge in [0.1, 0.15) is 0 Å². The van der Waals surface area contributed by atoms with Crippen LogP contribution in [0.2, 0.25) is 0 Å². The van der Waals surface area contributed by atoms with Crippen molar-refractivity contribution in [3.05, 3.63) is 102 Å². The van der Waals surface area contributed by atoms with E-state index in [1.165, 1.54) is 11.1 Å². The summed E-state index contributed by atoms with van der Waals surface area (Å²) < 4.78 is 0. The van der Waals surface area contributed by atoms with Gasteiger partial charge in [0.25, 0.3) is 0 Å². The summed E-state index contributed by atoms with van der Waals surface area (Å²) in [7, 11) is 0. The molecule has 1 atom stereocenters. The maximum atomic E-state index is 5.01. The van der Waals surface area contributed by atoms with Crippen LogP contribution in [-0.2, 0) is 5.54 Å². The fourth-order valence-electron chi connectivity index (χ4n) is 3.39. The Hall–Kier alpha value is -2.87. The first-order chi connectivity index (χ1) is 11.8. The molecule has 0 spiro atoms. The molecule has 2 nitrogen and oxygen atoms in total. The molecule has 0 aromatic heterocycles. The summed E-state index contributed by atoms with van der Waals surface area (Å²) in [6, 6.07) is 31.5. The van der Waals surface area contributed by atoms with Crippen LogP contribution in [-0.4, -0.2) is 5.71 Å². The zero-order valence-corrected chi connectivity index (χ0v) is 13.8. The van der Waals surface area contributed by atoms with Crippen molar-refractivity contribution in [3.63, 3.8) is 0 Å². The molecule has 0 radical (unpaired) electrons. The van der Waals surface area contributed by atoms with Gasteiger partial charge in [-0.15, -0.1) is 0 Å². The lowest BCUT2D eigenvalue weighted by molar-refractivity contribution is 0.492. The highest BCUT2D eigenvalue weighted by Gasteiger charge is 2.41. The Morgan fingerprint density at radius 1 is 0.750 bits per heavy atom. The van der Waals surface area contributed by atoms with Gasteiger partial charge in [-0.2, -0.15) is 5.10 Å². The van der Waals surface area contributed by atoms with Crippen molar-refractivity contribution in [2.24, 2.45) is 5.10 Å². The molecular formula is C22H20N2. The molecule has 1 unspecified atom stereocenters. The van der Waals surface area contributed by atoms with Crippen molar-refractivity contribution in [1.29, 1.82) is 0 Å². The number of hydrogen-bond donors (Lipinski definition) is 0. The van der Waals surface area contributed by atoms with E-state index in [0.29, 0.717) is 0 Å². The quantitative estimate of drug-likeness (QED) is 0.647. The molecule has 1 aliphatic heterocycles. The molecule has 4 rings (SSSR count). The third-order valence-electron chi connectivity index (χ3n) is 4.70. The highest BCUT2D eigenvalue weighted by Crippen LogP contribution is 2.41. The Bertz CT molecular complexity index is 841. The molecule has 0 fully saturated rings. The Labute approximate surface area is 143 Å². The number of rotatable bonds is 3. The molecule has 1 heterocycles. The zero-order valence-electron chi connectivity index (χ0n) is 13.8. The maximum absolute atomic E-state index is 5.01. The predicted molar refractivity (Wildman–Crippen MR) is 100 cm³/mol. The molecule has 0 N–H and O–H groups in total. The van der Waals surface area contributed by atoms with E-state index in [1.807, 2.05) is 12.1 Å². The largest absolute Gasteiger partial charge is 0.255 e. The monoisotopic (exact) mass is 312 g/mol. The summed E-state index contributed by atoms with van der Waals surface area (Å²) >= 11 is 0. The molecule has 1 aliphatic rings. The number of hydrazone groups is 1. The van der Waals surface area contributed by atoms with Crippen LogP contribution < -0.4 is 5.01 Å². The second kappa shape index (κ2) is 5.97. The van der Waals surface area contributed by atoms with Gasteiger partial charge in [0.2, 0.25) is 0 Å². The lowest BCUT2D eigenvalue weighted by Crippen LogP contribution is -2.37. The van der Waals surface area contributed by atoms with Gasteiger partial charge in [0, 0.05) is 6.42 Å². The van der Waals surface area contributed by atoms with Crippen LogP contribution in [0.15, 0.2) is 96.1 Å². The van der Waals surface area contributed by atoms with Gasteiger partial charge in [0.05, 0.1) is 16.9 Å². The summed E-state index contributed by atoms with van der Waals surface area (Å²) in [6.07, 6.45) is 0.885. The van der Waals surface area contributed by atoms with Crippen LogP contribution in [0.4, 0.5) is 5.69 Å². The molecule has 2 heteroatoms. The molecule has 0 bridgehead atoms. The summed E-state index contributed by atoms with van der Waals surface area (Å²) in [5.41, 5.74) is 4.54. The minimum absolute atomic E-state index is 0.187. The first-order valence-electron chi connectivity index (χ1n) is 8.31. The molecule has 118 valence electrons. The Balaban J connectivity index is 1.82. The van der Waals surface area contributed by atoms with Crippen molar-refractivity contribution < 1.29 is 0 Å². The van der Waals surface area contributed by atoms with Gasteiger partial charge in [0.15, 0.2) is 0 Å². The lowest BCUT2D eigenvalue weighted by Gasteiger charge is -2.35. The maximum Gasteiger partial charge on any atom is 0.0910 e. The third kappa shape index (κ3) is 2.50. The minimum Gasteiger partial charge on any atom is -0.255 e. The highest BCUT2D eigenvalue weighted by atomic mass is 15.5. The topological polar surface area (TPSA) is 15.6 Å². The number of anilines is 1. The van der Waals surface area contributed by atoms with Gasteiger partial charge < -0.3 is 0 Å². The molecule has 0 saturated heterocycles. The van der Waals surface area contributed by atoms with Gasteiger partial charge in [-0.3, -0.25) is 5.01 Å². The Morgan fingerprint density at radius 2 is 1.29 bits per heavy atom. The fourth-order valence-corrected chi connectivity index (χ4v) is 3.39. The number of para-hydroxylation sites is 1. The molecule has 24 heavy (non-hydrogen) atoms. The summed E-state index contributed by atoms with van der Waals surface area (Å²) in [5, 5.41) is 7.18. The van der Waals surface area contributed by atoms with E-state index < -0.39 is 0 Å². The Morgan fingerprint density at radius 3 is 1.92 bits per heavy atom. The van der Waals surface area contributed by atoms with Gasteiger partial charge >= 0.3 is 0 Å². The van der Waals surface area contributed by atoms with Crippen LogP contribution in [0, 0.1) is 0 Å². The predicted octanol–water partition coefficient (Wildman–Crippen LogP) is 5.22. The zero-order chi connectivity index (χ0) is 16.4. The average molecular weight is 312 g/mol.